The topological polar surface area (TPSA) is 76.2 Å². The van der Waals surface area contributed by atoms with Crippen molar-refractivity contribution in [3.05, 3.63) is 48.0 Å². The van der Waals surface area contributed by atoms with E-state index in [2.05, 4.69) is 15.3 Å². The maximum Gasteiger partial charge on any atom is 0.323 e. The first kappa shape index (κ1) is 13.6. The molecule has 21 heavy (non-hydrogen) atoms. The number of fused-ring (bicyclic) bond motifs is 1. The maximum absolute atomic E-state index is 12.0. The fourth-order valence-corrected chi connectivity index (χ4v) is 2.25. The van der Waals surface area contributed by atoms with Gasteiger partial charge < -0.3 is 14.5 Å². The van der Waals surface area contributed by atoms with E-state index in [1.165, 1.54) is 0 Å². The summed E-state index contributed by atoms with van der Waals surface area (Å²) in [7, 11) is 0. The van der Waals surface area contributed by atoms with Crippen LogP contribution in [0.5, 0.6) is 5.75 Å². The van der Waals surface area contributed by atoms with Gasteiger partial charge >= 0.3 is 5.97 Å². The predicted octanol–water partition coefficient (Wildman–Crippen LogP) is 1.05. The van der Waals surface area contributed by atoms with Crippen molar-refractivity contribution in [2.45, 2.75) is 19.0 Å². The molecule has 0 bridgehead atoms. The second-order valence-corrected chi connectivity index (χ2v) is 4.79. The number of aromatic nitrogens is 2. The van der Waals surface area contributed by atoms with Gasteiger partial charge in [0, 0.05) is 13.0 Å². The third-order valence-electron chi connectivity index (χ3n) is 3.35. The number of imidazole rings is 1. The van der Waals surface area contributed by atoms with Crippen molar-refractivity contribution in [2.24, 2.45) is 0 Å². The number of carbonyl (C=O) groups is 1. The molecule has 2 aromatic rings. The summed E-state index contributed by atoms with van der Waals surface area (Å²) in [4.78, 5) is 19.2. The van der Waals surface area contributed by atoms with Crippen molar-refractivity contribution < 1.29 is 14.3 Å². The van der Waals surface area contributed by atoms with Gasteiger partial charge in [-0.2, -0.15) is 0 Å². The van der Waals surface area contributed by atoms with E-state index in [0.717, 1.165) is 17.1 Å². The van der Waals surface area contributed by atoms with Gasteiger partial charge in [0.15, 0.2) is 0 Å². The molecule has 6 heteroatoms. The number of hydrogen-bond donors (Lipinski definition) is 2. The molecule has 1 aliphatic heterocycles. The molecule has 0 saturated heterocycles. The van der Waals surface area contributed by atoms with Crippen molar-refractivity contribution >= 4 is 5.97 Å². The van der Waals surface area contributed by atoms with Crippen molar-refractivity contribution in [1.82, 2.24) is 15.3 Å². The summed E-state index contributed by atoms with van der Waals surface area (Å²) in [6, 6.07) is 9.11. The lowest BCUT2D eigenvalue weighted by atomic mass is 10.1. The van der Waals surface area contributed by atoms with E-state index in [1.54, 1.807) is 6.33 Å². The van der Waals surface area contributed by atoms with Crippen LogP contribution in [0.25, 0.3) is 0 Å². The number of H-pyrrole nitrogens is 1. The summed E-state index contributed by atoms with van der Waals surface area (Å²) in [5, 5.41) is 3.13. The van der Waals surface area contributed by atoms with Crippen LogP contribution in [0.3, 0.4) is 0 Å². The molecule has 1 aliphatic rings. The van der Waals surface area contributed by atoms with E-state index >= 15 is 0 Å². The number of ether oxygens (including phenoxy) is 2. The first-order chi connectivity index (χ1) is 10.3. The summed E-state index contributed by atoms with van der Waals surface area (Å²) in [5.41, 5.74) is 1.96. The number of hydrogen-bond acceptors (Lipinski definition) is 5. The molecule has 0 radical (unpaired) electrons. The maximum atomic E-state index is 12.0. The molecule has 1 atom stereocenters. The minimum absolute atomic E-state index is 0.235. The molecule has 1 aromatic carbocycles. The van der Waals surface area contributed by atoms with Gasteiger partial charge in [-0.05, 0) is 12.1 Å². The fourth-order valence-electron chi connectivity index (χ4n) is 2.25. The third kappa shape index (κ3) is 3.41. The second-order valence-electron chi connectivity index (χ2n) is 4.79. The fraction of sp³-hybridized carbons (Fsp3) is 0.333. The second kappa shape index (κ2) is 6.41. The van der Waals surface area contributed by atoms with Crippen molar-refractivity contribution in [1.29, 1.82) is 0 Å². The summed E-state index contributed by atoms with van der Waals surface area (Å²) < 4.78 is 10.7. The van der Waals surface area contributed by atoms with Crippen molar-refractivity contribution in [3.63, 3.8) is 0 Å². The van der Waals surface area contributed by atoms with Gasteiger partial charge in [0.2, 0.25) is 0 Å². The molecule has 0 spiro atoms. The predicted molar refractivity (Wildman–Crippen MR) is 75.8 cm³/mol. The van der Waals surface area contributed by atoms with Crippen LogP contribution in [0.2, 0.25) is 0 Å². The standard InChI is InChI=1S/C15H17N3O3/c19-15(13-8-12-14(9-16-13)18-10-17-12)21-7-6-20-11-4-2-1-3-5-11/h1-5,10,13,16H,6-9H2,(H,17,18). The lowest BCUT2D eigenvalue weighted by Crippen LogP contribution is -2.43. The van der Waals surface area contributed by atoms with Crippen LogP contribution in [0, 0.1) is 0 Å². The Morgan fingerprint density at radius 1 is 1.29 bits per heavy atom. The zero-order chi connectivity index (χ0) is 14.5. The van der Waals surface area contributed by atoms with Gasteiger partial charge in [-0.3, -0.25) is 10.1 Å². The van der Waals surface area contributed by atoms with E-state index in [0.29, 0.717) is 19.6 Å². The van der Waals surface area contributed by atoms with E-state index < -0.39 is 0 Å². The minimum atomic E-state index is -0.336. The van der Waals surface area contributed by atoms with Gasteiger partial charge in [-0.25, -0.2) is 4.98 Å². The molecule has 1 unspecified atom stereocenters. The number of para-hydroxylation sites is 1. The normalized spacial score (nSPS) is 17.0. The van der Waals surface area contributed by atoms with Crippen LogP contribution in [-0.2, 0) is 22.5 Å². The lowest BCUT2D eigenvalue weighted by molar-refractivity contribution is -0.147. The molecular formula is C15H17N3O3. The average Bonchev–Trinajstić information content (AvgIpc) is 3.00. The van der Waals surface area contributed by atoms with Gasteiger partial charge in [0.1, 0.15) is 25.0 Å². The molecule has 0 aliphatic carbocycles. The summed E-state index contributed by atoms with van der Waals surface area (Å²) >= 11 is 0. The van der Waals surface area contributed by atoms with Gasteiger partial charge in [0.05, 0.1) is 17.7 Å². The van der Waals surface area contributed by atoms with E-state index in [1.807, 2.05) is 30.3 Å². The van der Waals surface area contributed by atoms with Crippen LogP contribution >= 0.6 is 0 Å². The Morgan fingerprint density at radius 2 is 2.14 bits per heavy atom. The molecule has 0 saturated carbocycles. The van der Waals surface area contributed by atoms with Crippen LogP contribution < -0.4 is 10.1 Å². The highest BCUT2D eigenvalue weighted by Crippen LogP contribution is 2.13. The number of rotatable bonds is 5. The van der Waals surface area contributed by atoms with E-state index in [4.69, 9.17) is 9.47 Å². The Bertz CT molecular complexity index is 597. The Balaban J connectivity index is 1.41. The van der Waals surface area contributed by atoms with E-state index in [-0.39, 0.29) is 18.6 Å². The Morgan fingerprint density at radius 3 is 3.00 bits per heavy atom. The smallest absolute Gasteiger partial charge is 0.323 e. The minimum Gasteiger partial charge on any atom is -0.490 e. The monoisotopic (exact) mass is 287 g/mol. The highest BCUT2D eigenvalue weighted by molar-refractivity contribution is 5.76. The molecule has 6 nitrogen and oxygen atoms in total. The third-order valence-corrected chi connectivity index (χ3v) is 3.35. The van der Waals surface area contributed by atoms with Gasteiger partial charge in [0.25, 0.3) is 0 Å². The molecule has 0 amide bonds. The molecule has 1 aromatic heterocycles. The summed E-state index contributed by atoms with van der Waals surface area (Å²) in [5.74, 6) is 0.505. The number of nitrogens with zero attached hydrogens (tertiary/aromatic N) is 1. The first-order valence-corrected chi connectivity index (χ1v) is 6.92. The average molecular weight is 287 g/mol. The van der Waals surface area contributed by atoms with Crippen LogP contribution in [-0.4, -0.2) is 35.2 Å². The molecule has 0 fully saturated rings. The van der Waals surface area contributed by atoms with Crippen molar-refractivity contribution in [2.75, 3.05) is 13.2 Å². The van der Waals surface area contributed by atoms with Gasteiger partial charge in [-0.15, -0.1) is 0 Å². The number of esters is 1. The zero-order valence-electron chi connectivity index (χ0n) is 11.5. The molecule has 2 heterocycles. The van der Waals surface area contributed by atoms with E-state index in [9.17, 15) is 4.79 Å². The van der Waals surface area contributed by atoms with Gasteiger partial charge in [-0.1, -0.05) is 18.2 Å². The number of benzene rings is 1. The zero-order valence-corrected chi connectivity index (χ0v) is 11.5. The Kier molecular flexibility index (Phi) is 4.16. The Hall–Kier alpha value is -2.34. The van der Waals surface area contributed by atoms with Crippen LogP contribution in [0.4, 0.5) is 0 Å². The highest BCUT2D eigenvalue weighted by Gasteiger charge is 2.26. The van der Waals surface area contributed by atoms with Crippen LogP contribution in [0.15, 0.2) is 36.7 Å². The number of nitrogens with one attached hydrogen (secondary N) is 2. The number of aromatic amines is 1. The van der Waals surface area contributed by atoms with Crippen molar-refractivity contribution in [3.8, 4) is 5.75 Å². The SMILES string of the molecule is O=C(OCCOc1ccccc1)C1Cc2nc[nH]c2CN1. The first-order valence-electron chi connectivity index (χ1n) is 6.92. The Labute approximate surface area is 122 Å². The highest BCUT2D eigenvalue weighted by atomic mass is 16.6. The number of carbonyl (C=O) groups excluding carboxylic acids is 1. The molecule has 3 rings (SSSR count). The molecule has 110 valence electrons. The summed E-state index contributed by atoms with van der Waals surface area (Å²) in [6.07, 6.45) is 2.20. The summed E-state index contributed by atoms with van der Waals surface area (Å²) in [6.45, 7) is 1.19. The quantitative estimate of drug-likeness (QED) is 0.635. The molecule has 2 N–H and O–H groups in total. The van der Waals surface area contributed by atoms with Crippen LogP contribution in [0.1, 0.15) is 11.4 Å². The lowest BCUT2D eigenvalue weighted by Gasteiger charge is -2.21. The largest absolute Gasteiger partial charge is 0.490 e. The molecular weight excluding hydrogens is 270 g/mol.